The van der Waals surface area contributed by atoms with Crippen molar-refractivity contribution in [1.82, 2.24) is 4.90 Å². The molecule has 0 spiro atoms. The van der Waals surface area contributed by atoms with Gasteiger partial charge in [0.15, 0.2) is 0 Å². The third-order valence-electron chi connectivity index (χ3n) is 4.86. The van der Waals surface area contributed by atoms with E-state index in [1.165, 1.54) is 38.8 Å². The molecule has 0 unspecified atom stereocenters. The molecule has 3 rings (SSSR count). The van der Waals surface area contributed by atoms with Crippen LogP contribution in [0.4, 0.5) is 11.4 Å². The van der Waals surface area contributed by atoms with Crippen LogP contribution in [0.2, 0.25) is 0 Å². The molecule has 2 fully saturated rings. The van der Waals surface area contributed by atoms with E-state index in [1.54, 1.807) is 6.07 Å². The zero-order chi connectivity index (χ0) is 14.8. The van der Waals surface area contributed by atoms with E-state index in [9.17, 15) is 10.1 Å². The summed E-state index contributed by atoms with van der Waals surface area (Å²) in [5.41, 5.74) is 2.09. The van der Waals surface area contributed by atoms with E-state index in [0.717, 1.165) is 30.4 Å². The Labute approximate surface area is 125 Å². The number of nitro benzene ring substituents is 1. The van der Waals surface area contributed by atoms with Crippen molar-refractivity contribution in [2.45, 2.75) is 38.6 Å². The zero-order valence-corrected chi connectivity index (χ0v) is 12.6. The van der Waals surface area contributed by atoms with Crippen LogP contribution in [0, 0.1) is 17.0 Å². The van der Waals surface area contributed by atoms with Gasteiger partial charge in [-0.3, -0.25) is 10.1 Å². The highest BCUT2D eigenvalue weighted by atomic mass is 16.6. The van der Waals surface area contributed by atoms with Crippen molar-refractivity contribution in [3.05, 3.63) is 33.9 Å². The number of nitro groups is 1. The molecule has 0 bridgehead atoms. The molecule has 2 saturated heterocycles. The van der Waals surface area contributed by atoms with E-state index < -0.39 is 0 Å². The summed E-state index contributed by atoms with van der Waals surface area (Å²) in [5.74, 6) is 0. The normalized spacial score (nSPS) is 20.9. The lowest BCUT2D eigenvalue weighted by molar-refractivity contribution is -0.385. The lowest BCUT2D eigenvalue weighted by Gasteiger charge is -2.37. The number of hydrogen-bond acceptors (Lipinski definition) is 4. The summed E-state index contributed by atoms with van der Waals surface area (Å²) >= 11 is 0. The summed E-state index contributed by atoms with van der Waals surface area (Å²) in [6.07, 6.45) is 5.11. The number of aryl methyl sites for hydroxylation is 1. The summed E-state index contributed by atoms with van der Waals surface area (Å²) in [4.78, 5) is 15.6. The standard InChI is InChI=1S/C16H23N3O2/c1-13-12-15(4-5-16(13)19(20)21)18-10-6-14(7-11-18)17-8-2-3-9-17/h4-5,12,14H,2-3,6-11H2,1H3. The molecule has 0 radical (unpaired) electrons. The summed E-state index contributed by atoms with van der Waals surface area (Å²) in [5, 5.41) is 10.9. The number of anilines is 1. The molecular formula is C16H23N3O2. The van der Waals surface area contributed by atoms with Gasteiger partial charge in [-0.2, -0.15) is 0 Å². The highest BCUT2D eigenvalue weighted by molar-refractivity contribution is 5.55. The topological polar surface area (TPSA) is 49.6 Å². The average Bonchev–Trinajstić information content (AvgIpc) is 3.01. The van der Waals surface area contributed by atoms with Crippen LogP contribution in [-0.4, -0.2) is 42.0 Å². The molecule has 0 aliphatic carbocycles. The first kappa shape index (κ1) is 14.3. The quantitative estimate of drug-likeness (QED) is 0.634. The van der Waals surface area contributed by atoms with Crippen LogP contribution in [0.25, 0.3) is 0 Å². The molecule has 5 nitrogen and oxygen atoms in total. The van der Waals surface area contributed by atoms with Gasteiger partial charge < -0.3 is 9.80 Å². The van der Waals surface area contributed by atoms with E-state index in [0.29, 0.717) is 0 Å². The third kappa shape index (κ3) is 3.02. The van der Waals surface area contributed by atoms with E-state index in [2.05, 4.69) is 9.80 Å². The first-order valence-electron chi connectivity index (χ1n) is 7.89. The van der Waals surface area contributed by atoms with Gasteiger partial charge in [-0.1, -0.05) is 0 Å². The van der Waals surface area contributed by atoms with E-state index in [-0.39, 0.29) is 10.6 Å². The van der Waals surface area contributed by atoms with Gasteiger partial charge in [0, 0.05) is 36.4 Å². The molecular weight excluding hydrogens is 266 g/mol. The van der Waals surface area contributed by atoms with E-state index in [4.69, 9.17) is 0 Å². The molecule has 0 amide bonds. The van der Waals surface area contributed by atoms with Crippen LogP contribution in [0.15, 0.2) is 18.2 Å². The summed E-state index contributed by atoms with van der Waals surface area (Å²) in [6.45, 7) is 6.46. The van der Waals surface area contributed by atoms with Gasteiger partial charge in [-0.05, 0) is 57.8 Å². The van der Waals surface area contributed by atoms with Crippen molar-refractivity contribution in [3.8, 4) is 0 Å². The van der Waals surface area contributed by atoms with Gasteiger partial charge in [-0.25, -0.2) is 0 Å². The Morgan fingerprint density at radius 3 is 2.38 bits per heavy atom. The maximum atomic E-state index is 10.9. The third-order valence-corrected chi connectivity index (χ3v) is 4.86. The van der Waals surface area contributed by atoms with Crippen LogP contribution in [-0.2, 0) is 0 Å². The van der Waals surface area contributed by atoms with Gasteiger partial charge in [-0.15, -0.1) is 0 Å². The highest BCUT2D eigenvalue weighted by Crippen LogP contribution is 2.28. The van der Waals surface area contributed by atoms with Crippen LogP contribution >= 0.6 is 0 Å². The van der Waals surface area contributed by atoms with Crippen molar-refractivity contribution in [3.63, 3.8) is 0 Å². The molecule has 2 heterocycles. The predicted octanol–water partition coefficient (Wildman–Crippen LogP) is 2.97. The average molecular weight is 289 g/mol. The molecule has 0 saturated carbocycles. The van der Waals surface area contributed by atoms with E-state index >= 15 is 0 Å². The molecule has 0 N–H and O–H groups in total. The van der Waals surface area contributed by atoms with Crippen molar-refractivity contribution in [2.24, 2.45) is 0 Å². The number of hydrogen-bond donors (Lipinski definition) is 0. The Balaban J connectivity index is 1.64. The maximum Gasteiger partial charge on any atom is 0.272 e. The highest BCUT2D eigenvalue weighted by Gasteiger charge is 2.26. The Bertz CT molecular complexity index is 518. The lowest BCUT2D eigenvalue weighted by Crippen LogP contribution is -2.43. The first-order chi connectivity index (χ1) is 10.1. The smallest absolute Gasteiger partial charge is 0.272 e. The fourth-order valence-corrected chi connectivity index (χ4v) is 3.64. The van der Waals surface area contributed by atoms with Crippen molar-refractivity contribution in [2.75, 3.05) is 31.1 Å². The summed E-state index contributed by atoms with van der Waals surface area (Å²) < 4.78 is 0. The number of nitrogens with zero attached hydrogens (tertiary/aromatic N) is 3. The Morgan fingerprint density at radius 1 is 1.14 bits per heavy atom. The molecule has 0 aromatic heterocycles. The van der Waals surface area contributed by atoms with Crippen molar-refractivity contribution < 1.29 is 4.92 Å². The summed E-state index contributed by atoms with van der Waals surface area (Å²) in [7, 11) is 0. The summed E-state index contributed by atoms with van der Waals surface area (Å²) in [6, 6.07) is 6.22. The molecule has 114 valence electrons. The van der Waals surface area contributed by atoms with Crippen LogP contribution in [0.1, 0.15) is 31.2 Å². The lowest BCUT2D eigenvalue weighted by atomic mass is 10.0. The Kier molecular flexibility index (Phi) is 4.10. The molecule has 2 aliphatic heterocycles. The minimum absolute atomic E-state index is 0.214. The van der Waals surface area contributed by atoms with Crippen LogP contribution in [0.5, 0.6) is 0 Å². The minimum Gasteiger partial charge on any atom is -0.371 e. The second-order valence-corrected chi connectivity index (χ2v) is 6.19. The van der Waals surface area contributed by atoms with Crippen molar-refractivity contribution in [1.29, 1.82) is 0 Å². The zero-order valence-electron chi connectivity index (χ0n) is 12.6. The fraction of sp³-hybridized carbons (Fsp3) is 0.625. The van der Waals surface area contributed by atoms with Crippen LogP contribution in [0.3, 0.4) is 0 Å². The molecule has 0 atom stereocenters. The van der Waals surface area contributed by atoms with Gasteiger partial charge in [0.05, 0.1) is 4.92 Å². The SMILES string of the molecule is Cc1cc(N2CCC(N3CCCC3)CC2)ccc1[N+](=O)[O-]. The van der Waals surface area contributed by atoms with Gasteiger partial charge in [0.25, 0.3) is 5.69 Å². The van der Waals surface area contributed by atoms with Gasteiger partial charge >= 0.3 is 0 Å². The Morgan fingerprint density at radius 2 is 1.81 bits per heavy atom. The predicted molar refractivity (Wildman–Crippen MR) is 83.9 cm³/mol. The second kappa shape index (κ2) is 6.02. The molecule has 1 aromatic carbocycles. The first-order valence-corrected chi connectivity index (χ1v) is 7.89. The molecule has 1 aromatic rings. The number of piperidine rings is 1. The van der Waals surface area contributed by atoms with Crippen LogP contribution < -0.4 is 4.90 Å². The number of rotatable bonds is 3. The number of likely N-dealkylation sites (tertiary alicyclic amines) is 1. The van der Waals surface area contributed by atoms with E-state index in [1.807, 2.05) is 19.1 Å². The second-order valence-electron chi connectivity index (χ2n) is 6.19. The largest absolute Gasteiger partial charge is 0.371 e. The van der Waals surface area contributed by atoms with Gasteiger partial charge in [0.1, 0.15) is 0 Å². The van der Waals surface area contributed by atoms with Gasteiger partial charge in [0.2, 0.25) is 0 Å². The molecule has 5 heteroatoms. The monoisotopic (exact) mass is 289 g/mol. The number of benzene rings is 1. The fourth-order valence-electron chi connectivity index (χ4n) is 3.64. The Hall–Kier alpha value is -1.62. The minimum atomic E-state index is -0.307. The molecule has 2 aliphatic rings. The van der Waals surface area contributed by atoms with Crippen molar-refractivity contribution >= 4 is 11.4 Å². The maximum absolute atomic E-state index is 10.9. The molecule has 21 heavy (non-hydrogen) atoms.